The maximum absolute atomic E-state index is 10.3. The van der Waals surface area contributed by atoms with Crippen LogP contribution in [0.4, 0.5) is 0 Å². The van der Waals surface area contributed by atoms with Crippen molar-refractivity contribution in [2.45, 2.75) is 32.2 Å². The van der Waals surface area contributed by atoms with E-state index in [1.807, 2.05) is 13.0 Å². The third kappa shape index (κ3) is 2.04. The van der Waals surface area contributed by atoms with Crippen molar-refractivity contribution in [1.29, 1.82) is 0 Å². The number of ether oxygens (including phenoxy) is 1. The smallest absolute Gasteiger partial charge is 0.163 e. The molecule has 3 nitrogen and oxygen atoms in total. The molecule has 1 aromatic rings. The first-order valence-corrected chi connectivity index (χ1v) is 6.60. The quantitative estimate of drug-likeness (QED) is 0.882. The number of phenols is 1. The minimum Gasteiger partial charge on any atom is -0.504 e. The van der Waals surface area contributed by atoms with Gasteiger partial charge in [0.1, 0.15) is 0 Å². The standard InChI is InChI=1S/C13H18BrNO2/c1-8-9(14)7-10(17-3)12(16)11(8)13(2)5-4-6-15-13/h7,15-16H,4-6H2,1-3H3. The molecule has 0 saturated carbocycles. The average molecular weight is 300 g/mol. The predicted octanol–water partition coefficient (Wildman–Crippen LogP) is 3.07. The number of hydrogen-bond donors (Lipinski definition) is 2. The molecular weight excluding hydrogens is 282 g/mol. The Morgan fingerprint density at radius 2 is 2.24 bits per heavy atom. The topological polar surface area (TPSA) is 41.5 Å². The molecular formula is C13H18BrNO2. The Morgan fingerprint density at radius 3 is 2.76 bits per heavy atom. The molecule has 1 aromatic carbocycles. The summed E-state index contributed by atoms with van der Waals surface area (Å²) in [7, 11) is 1.57. The van der Waals surface area contributed by atoms with E-state index in [1.54, 1.807) is 7.11 Å². The maximum Gasteiger partial charge on any atom is 0.163 e. The molecule has 1 heterocycles. The highest BCUT2D eigenvalue weighted by molar-refractivity contribution is 9.10. The molecule has 0 spiro atoms. The molecule has 1 aliphatic heterocycles. The summed E-state index contributed by atoms with van der Waals surface area (Å²) in [6.07, 6.45) is 2.16. The number of methoxy groups -OCH3 is 1. The second kappa shape index (κ2) is 4.50. The normalized spacial score (nSPS) is 24.0. The molecule has 4 heteroatoms. The van der Waals surface area contributed by atoms with Crippen LogP contribution in [0.1, 0.15) is 30.9 Å². The molecule has 1 fully saturated rings. The summed E-state index contributed by atoms with van der Waals surface area (Å²) in [6, 6.07) is 1.81. The van der Waals surface area contributed by atoms with Crippen molar-refractivity contribution in [3.63, 3.8) is 0 Å². The first kappa shape index (κ1) is 12.7. The average Bonchev–Trinajstić information content (AvgIpc) is 2.71. The van der Waals surface area contributed by atoms with Crippen LogP contribution in [0.25, 0.3) is 0 Å². The van der Waals surface area contributed by atoms with Gasteiger partial charge < -0.3 is 15.2 Å². The molecule has 17 heavy (non-hydrogen) atoms. The number of phenolic OH excluding ortho intramolecular Hbond substituents is 1. The molecule has 1 atom stereocenters. The SMILES string of the molecule is COc1cc(Br)c(C)c(C2(C)CCCN2)c1O. The zero-order chi connectivity index (χ0) is 12.6. The van der Waals surface area contributed by atoms with Crippen molar-refractivity contribution in [3.8, 4) is 11.5 Å². The van der Waals surface area contributed by atoms with E-state index in [0.717, 1.165) is 35.0 Å². The van der Waals surface area contributed by atoms with Crippen LogP contribution in [0.15, 0.2) is 10.5 Å². The van der Waals surface area contributed by atoms with Crippen molar-refractivity contribution < 1.29 is 9.84 Å². The van der Waals surface area contributed by atoms with Crippen LogP contribution in [-0.2, 0) is 5.54 Å². The van der Waals surface area contributed by atoms with E-state index < -0.39 is 0 Å². The van der Waals surface area contributed by atoms with Crippen molar-refractivity contribution in [2.24, 2.45) is 0 Å². The van der Waals surface area contributed by atoms with Crippen molar-refractivity contribution >= 4 is 15.9 Å². The fourth-order valence-corrected chi connectivity index (χ4v) is 3.06. The molecule has 0 aliphatic carbocycles. The van der Waals surface area contributed by atoms with Gasteiger partial charge in [0.05, 0.1) is 7.11 Å². The van der Waals surface area contributed by atoms with E-state index in [0.29, 0.717) is 5.75 Å². The molecule has 0 aromatic heterocycles. The highest BCUT2D eigenvalue weighted by Gasteiger charge is 2.35. The number of benzene rings is 1. The second-order valence-electron chi connectivity index (χ2n) is 4.77. The van der Waals surface area contributed by atoms with Crippen LogP contribution in [0.5, 0.6) is 11.5 Å². The Hall–Kier alpha value is -0.740. The van der Waals surface area contributed by atoms with Crippen LogP contribution in [-0.4, -0.2) is 18.8 Å². The molecule has 0 bridgehead atoms. The molecule has 0 amide bonds. The van der Waals surface area contributed by atoms with Gasteiger partial charge in [0.25, 0.3) is 0 Å². The van der Waals surface area contributed by atoms with E-state index in [1.165, 1.54) is 0 Å². The Morgan fingerprint density at radius 1 is 1.53 bits per heavy atom. The van der Waals surface area contributed by atoms with Crippen LogP contribution in [0.3, 0.4) is 0 Å². The Labute approximate surface area is 110 Å². The van der Waals surface area contributed by atoms with Crippen molar-refractivity contribution in [3.05, 3.63) is 21.7 Å². The lowest BCUT2D eigenvalue weighted by atomic mass is 9.86. The minimum absolute atomic E-state index is 0.161. The lowest BCUT2D eigenvalue weighted by molar-refractivity contribution is 0.349. The molecule has 2 N–H and O–H groups in total. The summed E-state index contributed by atoms with van der Waals surface area (Å²) in [5, 5.41) is 13.8. The van der Waals surface area contributed by atoms with E-state index in [2.05, 4.69) is 28.2 Å². The van der Waals surface area contributed by atoms with Gasteiger partial charge in [0.15, 0.2) is 11.5 Å². The minimum atomic E-state index is -0.161. The van der Waals surface area contributed by atoms with Crippen molar-refractivity contribution in [2.75, 3.05) is 13.7 Å². The van der Waals surface area contributed by atoms with Crippen molar-refractivity contribution in [1.82, 2.24) is 5.32 Å². The van der Waals surface area contributed by atoms with Gasteiger partial charge in [-0.25, -0.2) is 0 Å². The summed E-state index contributed by atoms with van der Waals surface area (Å²) < 4.78 is 6.19. The summed E-state index contributed by atoms with van der Waals surface area (Å²) in [4.78, 5) is 0. The van der Waals surface area contributed by atoms with Crippen LogP contribution < -0.4 is 10.1 Å². The van der Waals surface area contributed by atoms with Gasteiger partial charge >= 0.3 is 0 Å². The van der Waals surface area contributed by atoms with Crippen LogP contribution in [0.2, 0.25) is 0 Å². The van der Waals surface area contributed by atoms with E-state index in [9.17, 15) is 5.11 Å². The lowest BCUT2D eigenvalue weighted by Gasteiger charge is -2.29. The van der Waals surface area contributed by atoms with Crippen LogP contribution in [0, 0.1) is 6.92 Å². The molecule has 94 valence electrons. The summed E-state index contributed by atoms with van der Waals surface area (Å²) in [5.41, 5.74) is 1.85. The van der Waals surface area contributed by atoms with E-state index >= 15 is 0 Å². The number of halogens is 1. The highest BCUT2D eigenvalue weighted by atomic mass is 79.9. The number of hydrogen-bond acceptors (Lipinski definition) is 3. The van der Waals surface area contributed by atoms with Gasteiger partial charge in [-0.15, -0.1) is 0 Å². The lowest BCUT2D eigenvalue weighted by Crippen LogP contribution is -2.34. The zero-order valence-electron chi connectivity index (χ0n) is 10.4. The third-order valence-corrected chi connectivity index (χ3v) is 4.43. The van der Waals surface area contributed by atoms with E-state index in [4.69, 9.17) is 4.74 Å². The van der Waals surface area contributed by atoms with Gasteiger partial charge in [0.2, 0.25) is 0 Å². The monoisotopic (exact) mass is 299 g/mol. The van der Waals surface area contributed by atoms with Gasteiger partial charge in [0, 0.05) is 15.6 Å². The number of aromatic hydroxyl groups is 1. The summed E-state index contributed by atoms with van der Waals surface area (Å²) in [6.45, 7) is 5.14. The number of rotatable bonds is 2. The number of nitrogens with one attached hydrogen (secondary N) is 1. The van der Waals surface area contributed by atoms with Gasteiger partial charge in [-0.3, -0.25) is 0 Å². The fraction of sp³-hybridized carbons (Fsp3) is 0.538. The zero-order valence-corrected chi connectivity index (χ0v) is 12.0. The van der Waals surface area contributed by atoms with Crippen LogP contribution >= 0.6 is 15.9 Å². The predicted molar refractivity (Wildman–Crippen MR) is 71.7 cm³/mol. The first-order chi connectivity index (χ1) is 7.99. The van der Waals surface area contributed by atoms with Gasteiger partial charge in [-0.05, 0) is 44.9 Å². The summed E-state index contributed by atoms with van der Waals surface area (Å²) >= 11 is 3.52. The second-order valence-corrected chi connectivity index (χ2v) is 5.63. The molecule has 1 saturated heterocycles. The van der Waals surface area contributed by atoms with E-state index in [-0.39, 0.29) is 11.3 Å². The summed E-state index contributed by atoms with van der Waals surface area (Å²) in [5.74, 6) is 0.775. The molecule has 2 rings (SSSR count). The Kier molecular flexibility index (Phi) is 3.36. The van der Waals surface area contributed by atoms with Gasteiger partial charge in [-0.2, -0.15) is 0 Å². The first-order valence-electron chi connectivity index (χ1n) is 5.81. The third-order valence-electron chi connectivity index (χ3n) is 3.60. The Bertz CT molecular complexity index is 440. The maximum atomic E-state index is 10.3. The highest BCUT2D eigenvalue weighted by Crippen LogP contribution is 2.45. The molecule has 1 aliphatic rings. The Balaban J connectivity index is 2.62. The molecule has 0 radical (unpaired) electrons. The molecule has 1 unspecified atom stereocenters. The largest absolute Gasteiger partial charge is 0.504 e. The fourth-order valence-electron chi connectivity index (χ4n) is 2.65. The van der Waals surface area contributed by atoms with Gasteiger partial charge in [-0.1, -0.05) is 15.9 Å².